The molecule has 0 unspecified atom stereocenters. The minimum atomic E-state index is 0.299. The van der Waals surface area contributed by atoms with Gasteiger partial charge in [0.05, 0.1) is 34.1 Å². The Hall–Kier alpha value is -5.68. The molecule has 0 spiro atoms. The molecule has 5 nitrogen and oxygen atoms in total. The summed E-state index contributed by atoms with van der Waals surface area (Å²) in [5, 5.41) is 0. The van der Waals surface area contributed by atoms with Crippen LogP contribution in [0.15, 0.2) is 121 Å². The Balaban J connectivity index is 1.38. The molecule has 0 bridgehead atoms. The standard InChI is InChI=1S/C49H48N3O2/c1-29(2)34-17-15-18-35(30(3)4)46(34)51-38-21-9-10-22-39(38)52(47-36(31(5)6)19-16-20-37(47)32(7)8)49(51)33-27-44-48-45(28-33)54-43-26-14-12-24-41(43)50(48)40-23-11-13-25-42(40)53-44/h9-32H,1-8H3. The van der Waals surface area contributed by atoms with Crippen LogP contribution in [0.1, 0.15) is 107 Å². The molecule has 0 amide bonds. The molecule has 5 heteroatoms. The van der Waals surface area contributed by atoms with Crippen LogP contribution in [0.5, 0.6) is 23.0 Å². The van der Waals surface area contributed by atoms with Gasteiger partial charge in [0.1, 0.15) is 5.69 Å². The van der Waals surface area contributed by atoms with Crippen molar-refractivity contribution < 1.29 is 9.47 Å². The van der Waals surface area contributed by atoms with Gasteiger partial charge in [-0.05, 0) is 94.5 Å². The normalized spacial score (nSPS) is 14.3. The van der Waals surface area contributed by atoms with Gasteiger partial charge in [-0.3, -0.25) is 4.90 Å². The second-order valence-electron chi connectivity index (χ2n) is 16.0. The number of ether oxygens (including phenoxy) is 2. The van der Waals surface area contributed by atoms with Crippen molar-refractivity contribution in [3.63, 3.8) is 0 Å². The molecule has 54 heavy (non-hydrogen) atoms. The molecular formula is C49H48N3O2. The van der Waals surface area contributed by atoms with E-state index in [2.05, 4.69) is 179 Å². The lowest BCUT2D eigenvalue weighted by atomic mass is 9.90. The number of para-hydroxylation sites is 8. The largest absolute Gasteiger partial charge is 0.453 e. The fraction of sp³-hybridized carbons (Fsp3) is 0.245. The van der Waals surface area contributed by atoms with Crippen LogP contribution in [0.3, 0.4) is 0 Å². The first kappa shape index (κ1) is 34.1. The van der Waals surface area contributed by atoms with Crippen LogP contribution in [0.25, 0.3) is 0 Å². The molecule has 0 aliphatic carbocycles. The van der Waals surface area contributed by atoms with E-state index in [0.717, 1.165) is 63.2 Å². The maximum atomic E-state index is 6.87. The Bertz CT molecular complexity index is 2200. The maximum Gasteiger partial charge on any atom is 0.197 e. The molecule has 0 fully saturated rings. The van der Waals surface area contributed by atoms with E-state index in [1.165, 1.54) is 33.6 Å². The summed E-state index contributed by atoms with van der Waals surface area (Å²) in [5.74, 6) is 4.36. The zero-order valence-corrected chi connectivity index (χ0v) is 32.5. The van der Waals surface area contributed by atoms with Crippen LogP contribution in [0.4, 0.5) is 39.8 Å². The first-order valence-electron chi connectivity index (χ1n) is 19.5. The van der Waals surface area contributed by atoms with Crippen LogP contribution in [-0.2, 0) is 0 Å². The molecule has 6 aromatic carbocycles. The number of fused-ring (bicyclic) bond motifs is 5. The Labute approximate surface area is 320 Å². The highest BCUT2D eigenvalue weighted by Gasteiger charge is 2.46. The highest BCUT2D eigenvalue weighted by Crippen LogP contribution is 2.63. The van der Waals surface area contributed by atoms with Crippen LogP contribution < -0.4 is 24.2 Å². The molecule has 0 aromatic heterocycles. The fourth-order valence-electron chi connectivity index (χ4n) is 8.57. The van der Waals surface area contributed by atoms with Gasteiger partial charge in [-0.1, -0.05) is 128 Å². The topological polar surface area (TPSA) is 28.2 Å². The zero-order chi connectivity index (χ0) is 37.4. The average Bonchev–Trinajstić information content (AvgIpc) is 3.51. The van der Waals surface area contributed by atoms with Gasteiger partial charge in [0.25, 0.3) is 0 Å². The zero-order valence-electron chi connectivity index (χ0n) is 32.5. The van der Waals surface area contributed by atoms with Crippen molar-refractivity contribution in [3.8, 4) is 23.0 Å². The fourth-order valence-corrected chi connectivity index (χ4v) is 8.57. The predicted octanol–water partition coefficient (Wildman–Crippen LogP) is 14.7. The van der Waals surface area contributed by atoms with Gasteiger partial charge in [0.15, 0.2) is 29.2 Å². The minimum absolute atomic E-state index is 0.299. The van der Waals surface area contributed by atoms with Gasteiger partial charge in [0, 0.05) is 5.56 Å². The molecular weight excluding hydrogens is 663 g/mol. The summed E-state index contributed by atoms with van der Waals surface area (Å²) >= 11 is 0. The Kier molecular flexibility index (Phi) is 8.22. The molecule has 0 saturated heterocycles. The summed E-state index contributed by atoms with van der Waals surface area (Å²) in [5.41, 5.74) is 14.0. The second kappa shape index (κ2) is 13.0. The van der Waals surface area contributed by atoms with Crippen LogP contribution in [0, 0.1) is 6.17 Å². The highest BCUT2D eigenvalue weighted by atomic mass is 16.5. The van der Waals surface area contributed by atoms with Crippen LogP contribution in [-0.4, -0.2) is 0 Å². The SMILES string of the molecule is CC(C)c1cccc(C(C)C)c1N1[C](c2cc3c4c(c2)Oc2ccccc2N4c2ccccc2O3)N(c2c(C(C)C)cccc2C(C)C)c2ccccc21. The molecule has 9 rings (SSSR count). The number of hydrogen-bond donors (Lipinski definition) is 0. The Morgan fingerprint density at radius 1 is 0.352 bits per heavy atom. The third-order valence-electron chi connectivity index (χ3n) is 11.1. The third kappa shape index (κ3) is 5.20. The van der Waals surface area contributed by atoms with Crippen LogP contribution >= 0.6 is 0 Å². The lowest BCUT2D eigenvalue weighted by Gasteiger charge is -2.40. The summed E-state index contributed by atoms with van der Waals surface area (Å²) in [6.07, 6.45) is 1.07. The molecule has 3 heterocycles. The second-order valence-corrected chi connectivity index (χ2v) is 16.0. The third-order valence-corrected chi connectivity index (χ3v) is 11.1. The van der Waals surface area contributed by atoms with Crippen molar-refractivity contribution in [1.29, 1.82) is 0 Å². The molecule has 271 valence electrons. The van der Waals surface area contributed by atoms with E-state index in [1.807, 2.05) is 12.1 Å². The Morgan fingerprint density at radius 3 is 1.07 bits per heavy atom. The van der Waals surface area contributed by atoms with E-state index < -0.39 is 0 Å². The van der Waals surface area contributed by atoms with Crippen molar-refractivity contribution in [2.24, 2.45) is 0 Å². The van der Waals surface area contributed by atoms with E-state index in [4.69, 9.17) is 9.47 Å². The van der Waals surface area contributed by atoms with Gasteiger partial charge in [-0.2, -0.15) is 0 Å². The van der Waals surface area contributed by atoms with Gasteiger partial charge in [0.2, 0.25) is 0 Å². The highest BCUT2D eigenvalue weighted by molar-refractivity contribution is 5.99. The number of rotatable bonds is 7. The van der Waals surface area contributed by atoms with E-state index in [0.29, 0.717) is 23.7 Å². The van der Waals surface area contributed by atoms with Crippen molar-refractivity contribution in [2.45, 2.75) is 79.1 Å². The van der Waals surface area contributed by atoms with Crippen molar-refractivity contribution in [2.75, 3.05) is 14.7 Å². The van der Waals surface area contributed by atoms with Gasteiger partial charge >= 0.3 is 0 Å². The summed E-state index contributed by atoms with van der Waals surface area (Å²) in [7, 11) is 0. The monoisotopic (exact) mass is 710 g/mol. The van der Waals surface area contributed by atoms with Gasteiger partial charge in [-0.25, -0.2) is 0 Å². The summed E-state index contributed by atoms with van der Waals surface area (Å²) in [4.78, 5) is 7.38. The molecule has 6 aromatic rings. The average molecular weight is 711 g/mol. The summed E-state index contributed by atoms with van der Waals surface area (Å²) < 4.78 is 13.7. The van der Waals surface area contributed by atoms with Crippen LogP contribution in [0.2, 0.25) is 0 Å². The lowest BCUT2D eigenvalue weighted by molar-refractivity contribution is 0.445. The van der Waals surface area contributed by atoms with E-state index in [9.17, 15) is 0 Å². The summed E-state index contributed by atoms with van der Waals surface area (Å²) in [6, 6.07) is 43.7. The number of nitrogens with zero attached hydrogens (tertiary/aromatic N) is 3. The van der Waals surface area contributed by atoms with Crippen molar-refractivity contribution in [3.05, 3.63) is 155 Å². The quantitative estimate of drug-likeness (QED) is 0.164. The smallest absolute Gasteiger partial charge is 0.197 e. The predicted molar refractivity (Wildman–Crippen MR) is 224 cm³/mol. The molecule has 0 atom stereocenters. The maximum absolute atomic E-state index is 6.87. The van der Waals surface area contributed by atoms with Gasteiger partial charge in [-0.15, -0.1) is 0 Å². The minimum Gasteiger partial charge on any atom is -0.453 e. The molecule has 1 radical (unpaired) electrons. The van der Waals surface area contributed by atoms with E-state index in [1.54, 1.807) is 0 Å². The molecule has 3 aliphatic heterocycles. The van der Waals surface area contributed by atoms with E-state index in [-0.39, 0.29) is 0 Å². The lowest BCUT2D eigenvalue weighted by Crippen LogP contribution is -2.34. The summed E-state index contributed by atoms with van der Waals surface area (Å²) in [6.45, 7) is 18.5. The number of hydrogen-bond acceptors (Lipinski definition) is 5. The molecule has 3 aliphatic rings. The molecule has 0 saturated carbocycles. The first-order valence-corrected chi connectivity index (χ1v) is 19.5. The number of anilines is 7. The van der Waals surface area contributed by atoms with Crippen molar-refractivity contribution in [1.82, 2.24) is 0 Å². The van der Waals surface area contributed by atoms with Gasteiger partial charge < -0.3 is 19.3 Å². The Morgan fingerprint density at radius 2 is 0.704 bits per heavy atom. The van der Waals surface area contributed by atoms with Crippen molar-refractivity contribution >= 4 is 39.8 Å². The first-order chi connectivity index (χ1) is 26.1. The van der Waals surface area contributed by atoms with E-state index >= 15 is 0 Å². The number of benzene rings is 6. The molecule has 0 N–H and O–H groups in total.